The van der Waals surface area contributed by atoms with Crippen LogP contribution in [0.3, 0.4) is 0 Å². The van der Waals surface area contributed by atoms with E-state index in [0.717, 1.165) is 32.7 Å². The first-order chi connectivity index (χ1) is 57.2. The Morgan fingerprint density at radius 2 is 0.983 bits per heavy atom. The van der Waals surface area contributed by atoms with E-state index in [2.05, 4.69) is 123 Å². The third kappa shape index (κ3) is 29.5. The molecule has 0 saturated carbocycles. The summed E-state index contributed by atoms with van der Waals surface area (Å²) >= 11 is 20.1. The topological polar surface area (TPSA) is 577 Å². The van der Waals surface area contributed by atoms with Gasteiger partial charge in [-0.1, -0.05) is 79.8 Å². The first-order valence-corrected chi connectivity index (χ1v) is 36.2. The van der Waals surface area contributed by atoms with Crippen molar-refractivity contribution < 1.29 is 62.4 Å². The number of ether oxygens (including phenoxy) is 3. The summed E-state index contributed by atoms with van der Waals surface area (Å²) in [6.45, 7) is 15.1. The molecule has 15 aromatic rings. The number of benzene rings is 2. The minimum absolute atomic E-state index is 0.0283. The van der Waals surface area contributed by atoms with E-state index in [0.29, 0.717) is 114 Å². The third-order valence-electron chi connectivity index (χ3n) is 15.0. The molecule has 0 aliphatic rings. The van der Waals surface area contributed by atoms with Crippen LogP contribution in [0.5, 0.6) is 0 Å². The standard InChI is InChI=1S/C19H15ClN6O2.C12H12N6O.C7H9BN4O3.C7H4Cl2O.C7H8N4O.C5H5BrN2.C5H8N4O.C5H5N3.C5H12O3.H3NO/c1-11-22-18(25-28-11)15-9-16(26(2)24-15)12-7-8-17(21-10-12)23-19(27)13-5-3-4-6-14(13)20;1-7-15-12(17-19-7)9-5-10(18(2)16-9)8-3-4-11(13)14-6-8;1-4-9-7(11-15-4)5-3-6(8(13)14)12(2)10-5;8-6-4-2-1-3-5(6)7(9)10;1-5-8-7(10-12-5)6-3-4-11(2)9-6;6-4-1-2-5(7)8-3-4;1-9-3-2-4(7-9)5(6)8-10;1-6-5-3-4-8(2)7-5;1-5(6-2,7-3)8-4;1-2/h3-10H,1-2H3,(H,21,23,27);3-6H,1-2H3,(H2,13,14);3,13-14H,1-2H3;1-4H;3-4H,1-2H3;1-3H,(H2,7,8);2-3,10H,1H3,(H2,6,8);3-4H,2H3;1-4H3;2H,1H2. The molecule has 0 aliphatic heterocycles. The molecule has 0 radical (unpaired) electrons. The summed E-state index contributed by atoms with van der Waals surface area (Å²) in [6, 6.07) is 34.7. The molecule has 0 spiro atoms. The molecule has 43 nitrogen and oxygen atoms in total. The van der Waals surface area contributed by atoms with Crippen molar-refractivity contribution in [2.45, 2.75) is 40.6 Å². The number of oxime groups is 1. The fraction of sp³-hybridized carbons (Fsp3) is 0.208. The van der Waals surface area contributed by atoms with Crippen molar-refractivity contribution in [3.05, 3.63) is 225 Å². The normalized spacial score (nSPS) is 10.4. The molecule has 13 heterocycles. The highest BCUT2D eigenvalue weighted by Gasteiger charge is 2.23. The number of carbonyl (C=O) groups is 2. The summed E-state index contributed by atoms with van der Waals surface area (Å²) in [4.78, 5) is 54.5. The first-order valence-electron chi connectivity index (χ1n) is 34.2. The predicted octanol–water partition coefficient (Wildman–Crippen LogP) is 8.97. The number of aryl methyl sites for hydroxylation is 10. The third-order valence-corrected chi connectivity index (χ3v) is 16.4. The lowest BCUT2D eigenvalue weighted by Crippen LogP contribution is -2.35. The van der Waals surface area contributed by atoms with Crippen molar-refractivity contribution in [3.63, 3.8) is 0 Å². The first kappa shape index (κ1) is 95.2. The SMILES string of the molecule is COC(C)(OC)OC.Cc1nc(-c2cc(-c3ccc(N)nc3)n(C)n2)no1.Cc1nc(-c2cc(-c3ccc(NC(=O)c4ccccc4Cl)nc3)n(C)n2)no1.Cc1nc(-c2cc(B(O)O)n(C)n2)no1.Cc1nc(-c2ccn(C)n2)no1.Cn1ccc(C(N)=NO)n1.NO.Nc1ccc(Br)cn1.O=C(Cl)c1ccccc1Cl.[C-]#[N+]c1ccn(C)n1. The maximum atomic E-state index is 12.3. The van der Waals surface area contributed by atoms with E-state index in [4.69, 9.17) is 111 Å². The molecule has 2 aromatic carbocycles. The van der Waals surface area contributed by atoms with Gasteiger partial charge in [-0.25, -0.2) is 25.5 Å². The van der Waals surface area contributed by atoms with Gasteiger partial charge in [-0.05, 0) is 130 Å². The molecular formula is C72H81BBrCl3N30O13. The molecule has 120 heavy (non-hydrogen) atoms. The molecule has 628 valence electrons. The van der Waals surface area contributed by atoms with Crippen molar-refractivity contribution in [1.29, 1.82) is 0 Å². The van der Waals surface area contributed by atoms with E-state index < -0.39 is 18.3 Å². The van der Waals surface area contributed by atoms with Crippen molar-refractivity contribution in [2.75, 3.05) is 38.1 Å². The summed E-state index contributed by atoms with van der Waals surface area (Å²) in [5.41, 5.74) is 23.5. The molecule has 48 heteroatoms. The van der Waals surface area contributed by atoms with Gasteiger partial charge in [-0.15, -0.1) is 0 Å². The number of hydrogen-bond donors (Lipinski definition) is 9. The van der Waals surface area contributed by atoms with Crippen molar-refractivity contribution in [1.82, 2.24) is 114 Å². The number of nitrogen functional groups attached to an aromatic ring is 2. The zero-order chi connectivity index (χ0) is 88.3. The Bertz CT molecular complexity index is 5680. The lowest BCUT2D eigenvalue weighted by molar-refractivity contribution is -0.340. The Labute approximate surface area is 707 Å². The lowest BCUT2D eigenvalue weighted by Gasteiger charge is -2.23. The smallest absolute Gasteiger partial charge is 0.422 e. The van der Waals surface area contributed by atoms with Crippen LogP contribution in [-0.4, -0.2) is 186 Å². The van der Waals surface area contributed by atoms with Gasteiger partial charge in [0.15, 0.2) is 5.84 Å². The van der Waals surface area contributed by atoms with Gasteiger partial charge in [-0.2, -0.15) is 45.4 Å². The van der Waals surface area contributed by atoms with Gasteiger partial charge in [0.1, 0.15) is 45.9 Å². The number of methoxy groups -OCH3 is 3. The second-order valence-electron chi connectivity index (χ2n) is 23.7. The molecule has 0 bridgehead atoms. The average Bonchev–Trinajstić information content (AvgIpc) is 1.66. The van der Waals surface area contributed by atoms with Gasteiger partial charge in [-0.3, -0.25) is 33.0 Å². The maximum absolute atomic E-state index is 12.3. The highest BCUT2D eigenvalue weighted by atomic mass is 79.9. The number of amides is 1. The molecule has 13 aromatic heterocycles. The number of nitrogens with one attached hydrogen (secondary N) is 1. The van der Waals surface area contributed by atoms with E-state index in [9.17, 15) is 9.59 Å². The number of nitrogens with two attached hydrogens (primary N) is 4. The van der Waals surface area contributed by atoms with Gasteiger partial charge < -0.3 is 80.1 Å². The quantitative estimate of drug-likeness (QED) is 0.00716. The fourth-order valence-electron chi connectivity index (χ4n) is 9.00. The van der Waals surface area contributed by atoms with Crippen LogP contribution in [0.25, 0.3) is 73.4 Å². The molecule has 0 aliphatic carbocycles. The van der Waals surface area contributed by atoms with Crippen LogP contribution in [0, 0.1) is 34.3 Å². The van der Waals surface area contributed by atoms with E-state index in [1.807, 2.05) is 63.7 Å². The van der Waals surface area contributed by atoms with Crippen LogP contribution in [0.15, 0.2) is 186 Å². The summed E-state index contributed by atoms with van der Waals surface area (Å²) in [5.74, 6) is 7.98. The Morgan fingerprint density at radius 3 is 1.31 bits per heavy atom. The van der Waals surface area contributed by atoms with Crippen molar-refractivity contribution in [2.24, 2.45) is 59.1 Å². The summed E-state index contributed by atoms with van der Waals surface area (Å²) in [5, 5.41) is 78.2. The lowest BCUT2D eigenvalue weighted by atomic mass is 9.86. The number of rotatable bonds is 14. The molecule has 0 saturated heterocycles. The van der Waals surface area contributed by atoms with Gasteiger partial charge in [0.05, 0.1) is 38.2 Å². The Morgan fingerprint density at radius 1 is 0.558 bits per heavy atom. The zero-order valence-electron chi connectivity index (χ0n) is 66.6. The van der Waals surface area contributed by atoms with Crippen LogP contribution in [0.1, 0.15) is 56.9 Å². The van der Waals surface area contributed by atoms with Crippen LogP contribution >= 0.6 is 50.7 Å². The Hall–Kier alpha value is -13.7. The minimum Gasteiger partial charge on any atom is -0.422 e. The monoisotopic (exact) mass is 1770 g/mol. The molecule has 0 fully saturated rings. The number of aromatic nitrogens is 23. The Balaban J connectivity index is 0.000000217. The zero-order valence-corrected chi connectivity index (χ0v) is 70.4. The molecule has 1 amide bonds. The highest BCUT2D eigenvalue weighted by molar-refractivity contribution is 9.10. The Kier molecular flexibility index (Phi) is 37.2. The van der Waals surface area contributed by atoms with Gasteiger partial charge >= 0.3 is 7.12 Å². The average molecular weight is 1770 g/mol. The largest absolute Gasteiger partial charge is 0.507 e. The number of pyridine rings is 3. The number of anilines is 3. The fourth-order valence-corrected chi connectivity index (χ4v) is 9.89. The second kappa shape index (κ2) is 46.9. The van der Waals surface area contributed by atoms with Crippen molar-refractivity contribution in [3.8, 4) is 68.6 Å². The summed E-state index contributed by atoms with van der Waals surface area (Å²) in [6.07, 6.45) is 10.3. The van der Waals surface area contributed by atoms with E-state index in [-0.39, 0.29) is 17.3 Å². The van der Waals surface area contributed by atoms with E-state index in [1.165, 1.54) is 32.1 Å². The second-order valence-corrected chi connectivity index (χ2v) is 25.8. The number of amidine groups is 1. The minimum atomic E-state index is -1.57. The van der Waals surface area contributed by atoms with Gasteiger partial charge in [0.2, 0.25) is 46.9 Å². The number of nitrogens with zero attached hydrogens (tertiary/aromatic N) is 25. The van der Waals surface area contributed by atoms with Crippen LogP contribution in [0.2, 0.25) is 10.0 Å². The molecular weight excluding hydrogens is 1690 g/mol. The van der Waals surface area contributed by atoms with Gasteiger partial charge in [0.25, 0.3) is 22.9 Å². The molecule has 15 rings (SSSR count). The summed E-state index contributed by atoms with van der Waals surface area (Å²) < 4.78 is 44.6. The molecule has 0 atom stereocenters. The van der Waals surface area contributed by atoms with Crippen molar-refractivity contribution >= 4 is 104 Å². The number of hydrogen-bond acceptors (Lipinski definition) is 34. The van der Waals surface area contributed by atoms with Gasteiger partial charge in [0, 0.05) is 151 Å². The number of halogens is 4. The number of carbonyl (C=O) groups excluding carboxylic acids is 2. The maximum Gasteiger partial charge on any atom is 0.507 e. The van der Waals surface area contributed by atoms with E-state index >= 15 is 0 Å². The van der Waals surface area contributed by atoms with Crippen LogP contribution < -0.4 is 34.0 Å². The molecule has 0 unspecified atom stereocenters. The van der Waals surface area contributed by atoms with E-state index in [1.54, 1.807) is 189 Å². The highest BCUT2D eigenvalue weighted by Crippen LogP contribution is 2.27. The molecule has 13 N–H and O–H groups in total. The predicted molar refractivity (Wildman–Crippen MR) is 444 cm³/mol. The van der Waals surface area contributed by atoms with Crippen LogP contribution in [-0.2, 0) is 56.5 Å². The summed E-state index contributed by atoms with van der Waals surface area (Å²) in [7, 11) is 13.7. The van der Waals surface area contributed by atoms with Crippen LogP contribution in [0.4, 0.5) is 23.3 Å².